The minimum Gasteiger partial charge on any atom is -0.502 e. The highest BCUT2D eigenvalue weighted by atomic mass is 19.1. The molecule has 1 aliphatic rings. The summed E-state index contributed by atoms with van der Waals surface area (Å²) in [5.41, 5.74) is 3.43. The second kappa shape index (κ2) is 10.2. The molecule has 0 unspecified atom stereocenters. The van der Waals surface area contributed by atoms with Gasteiger partial charge in [-0.3, -0.25) is 9.78 Å². The van der Waals surface area contributed by atoms with Crippen LogP contribution >= 0.6 is 0 Å². The predicted octanol–water partition coefficient (Wildman–Crippen LogP) is 5.88. The maximum Gasteiger partial charge on any atom is 0.194 e. The highest BCUT2D eigenvalue weighted by Gasteiger charge is 2.25. The number of fused-ring (bicyclic) bond motifs is 1. The third-order valence-electron chi connectivity index (χ3n) is 7.01. The highest BCUT2D eigenvalue weighted by Crippen LogP contribution is 2.37. The number of pyridine rings is 1. The van der Waals surface area contributed by atoms with Crippen LogP contribution in [0.4, 0.5) is 10.1 Å². The molecule has 0 bridgehead atoms. The molecule has 7 heteroatoms. The normalized spacial score (nSPS) is 18.3. The van der Waals surface area contributed by atoms with E-state index in [1.165, 1.54) is 13.2 Å². The first kappa shape index (κ1) is 24.9. The second-order valence-corrected chi connectivity index (χ2v) is 9.92. The van der Waals surface area contributed by atoms with Crippen LogP contribution in [0.25, 0.3) is 22.0 Å². The molecular weight excluding hydrogens is 445 g/mol. The second-order valence-electron chi connectivity index (χ2n) is 9.92. The molecule has 0 radical (unpaired) electrons. The molecule has 4 rings (SSSR count). The fourth-order valence-corrected chi connectivity index (χ4v) is 4.86. The molecule has 0 atom stereocenters. The van der Waals surface area contributed by atoms with Crippen molar-refractivity contribution in [1.29, 1.82) is 0 Å². The Balaban J connectivity index is 1.80. The van der Waals surface area contributed by atoms with Crippen molar-refractivity contribution in [3.8, 4) is 22.6 Å². The number of carbonyl (C=O) groups excluding carboxylic acids is 1. The molecule has 0 amide bonds. The topological polar surface area (TPSA) is 74.7 Å². The summed E-state index contributed by atoms with van der Waals surface area (Å²) in [7, 11) is 5.63. The van der Waals surface area contributed by atoms with Crippen LogP contribution in [0.1, 0.15) is 49.9 Å². The van der Waals surface area contributed by atoms with E-state index in [0.29, 0.717) is 17.2 Å². The van der Waals surface area contributed by atoms with Gasteiger partial charge in [-0.2, -0.15) is 0 Å². The predicted molar refractivity (Wildman–Crippen MR) is 138 cm³/mol. The number of aromatic hydroxyl groups is 1. The van der Waals surface area contributed by atoms with Gasteiger partial charge < -0.3 is 20.1 Å². The Kier molecular flexibility index (Phi) is 7.26. The van der Waals surface area contributed by atoms with Crippen molar-refractivity contribution >= 4 is 22.4 Å². The quantitative estimate of drug-likeness (QED) is 0.412. The van der Waals surface area contributed by atoms with Crippen molar-refractivity contribution in [2.45, 2.75) is 51.6 Å². The van der Waals surface area contributed by atoms with E-state index in [1.54, 1.807) is 12.3 Å². The van der Waals surface area contributed by atoms with Crippen LogP contribution in [0.5, 0.6) is 11.5 Å². The van der Waals surface area contributed by atoms with E-state index >= 15 is 0 Å². The van der Waals surface area contributed by atoms with Crippen LogP contribution in [0.2, 0.25) is 0 Å². The lowest BCUT2D eigenvalue weighted by molar-refractivity contribution is 0.0940. The number of benzene rings is 2. The molecule has 1 heterocycles. The zero-order valence-corrected chi connectivity index (χ0v) is 21.1. The lowest BCUT2D eigenvalue weighted by Gasteiger charge is -2.34. The maximum atomic E-state index is 14.4. The molecular formula is C28H34FN3O3. The van der Waals surface area contributed by atoms with Crippen molar-refractivity contribution in [3.63, 3.8) is 0 Å². The number of rotatable bonds is 7. The Hall–Kier alpha value is -3.19. The summed E-state index contributed by atoms with van der Waals surface area (Å²) in [6, 6.07) is 9.38. The maximum absolute atomic E-state index is 14.4. The lowest BCUT2D eigenvalue weighted by Crippen LogP contribution is -2.36. The molecule has 0 aliphatic heterocycles. The van der Waals surface area contributed by atoms with Crippen LogP contribution in [-0.4, -0.2) is 54.1 Å². The zero-order chi connectivity index (χ0) is 25.3. The molecule has 35 heavy (non-hydrogen) atoms. The number of Topliss-reactive ketones (excluding diaryl/α,β-unsaturated/α-hetero) is 1. The number of methoxy groups -OCH3 is 1. The smallest absolute Gasteiger partial charge is 0.194 e. The number of nitrogens with one attached hydrogen (secondary N) is 1. The molecule has 6 nitrogen and oxygen atoms in total. The average Bonchev–Trinajstić information content (AvgIpc) is 2.85. The summed E-state index contributed by atoms with van der Waals surface area (Å²) in [5.74, 6) is -1.33. The largest absolute Gasteiger partial charge is 0.502 e. The summed E-state index contributed by atoms with van der Waals surface area (Å²) >= 11 is 0. The van der Waals surface area contributed by atoms with Gasteiger partial charge in [0.25, 0.3) is 0 Å². The number of phenols is 1. The first-order valence-electron chi connectivity index (χ1n) is 12.2. The standard InChI is InChI=1S/C28H34FN3O3/c1-16(2)27(33)22-15-30-24-11-6-17(18-13-23(29)28(34)25(14-18)35-5)12-21(24)26(22)31-19-7-9-20(10-8-19)32(3)4/h6,11-16,19-20,34H,7-10H2,1-5H3,(H,30,31)/t19-,20-. The number of carbonyl (C=O) groups is 1. The van der Waals surface area contributed by atoms with Gasteiger partial charge in [-0.15, -0.1) is 0 Å². The molecule has 2 aromatic carbocycles. The summed E-state index contributed by atoms with van der Waals surface area (Å²) in [5, 5.41) is 14.4. The van der Waals surface area contributed by atoms with Crippen LogP contribution in [-0.2, 0) is 0 Å². The number of phenolic OH excluding ortho intramolecular Hbond substituents is 1. The average molecular weight is 480 g/mol. The van der Waals surface area contributed by atoms with Crippen LogP contribution < -0.4 is 10.1 Å². The first-order chi connectivity index (χ1) is 16.7. The Morgan fingerprint density at radius 1 is 1.14 bits per heavy atom. The van der Waals surface area contributed by atoms with Gasteiger partial charge in [-0.05, 0) is 75.2 Å². The van der Waals surface area contributed by atoms with Crippen molar-refractivity contribution < 1.29 is 19.0 Å². The fraction of sp³-hybridized carbons (Fsp3) is 0.429. The molecule has 2 N–H and O–H groups in total. The number of hydrogen-bond donors (Lipinski definition) is 2. The number of ketones is 1. The van der Waals surface area contributed by atoms with E-state index in [4.69, 9.17) is 4.74 Å². The van der Waals surface area contributed by atoms with Crippen molar-refractivity contribution in [2.24, 2.45) is 5.92 Å². The third kappa shape index (κ3) is 5.10. The summed E-state index contributed by atoms with van der Waals surface area (Å²) in [4.78, 5) is 20.0. The van der Waals surface area contributed by atoms with E-state index in [0.717, 1.165) is 47.8 Å². The van der Waals surface area contributed by atoms with Crippen LogP contribution in [0.15, 0.2) is 36.5 Å². The molecule has 1 aliphatic carbocycles. The monoisotopic (exact) mass is 479 g/mol. The van der Waals surface area contributed by atoms with E-state index in [1.807, 2.05) is 32.0 Å². The van der Waals surface area contributed by atoms with Gasteiger partial charge in [0.15, 0.2) is 23.1 Å². The molecule has 0 spiro atoms. The molecule has 1 fully saturated rings. The van der Waals surface area contributed by atoms with Crippen molar-refractivity contribution in [3.05, 3.63) is 47.9 Å². The first-order valence-corrected chi connectivity index (χ1v) is 12.2. The number of anilines is 1. The SMILES string of the molecule is COc1cc(-c2ccc3ncc(C(=O)C(C)C)c(N[C@H]4CC[C@H](N(C)C)CC4)c3c2)cc(F)c1O. The van der Waals surface area contributed by atoms with E-state index in [9.17, 15) is 14.3 Å². The van der Waals surface area contributed by atoms with E-state index in [-0.39, 0.29) is 23.5 Å². The van der Waals surface area contributed by atoms with Gasteiger partial charge >= 0.3 is 0 Å². The van der Waals surface area contributed by atoms with Crippen molar-refractivity contribution in [2.75, 3.05) is 26.5 Å². The summed E-state index contributed by atoms with van der Waals surface area (Å²) < 4.78 is 19.5. The Bertz CT molecular complexity index is 1230. The fourth-order valence-electron chi connectivity index (χ4n) is 4.86. The van der Waals surface area contributed by atoms with E-state index < -0.39 is 11.6 Å². The summed E-state index contributed by atoms with van der Waals surface area (Å²) in [6.07, 6.45) is 5.89. The number of nitrogens with zero attached hydrogens (tertiary/aromatic N) is 2. The minimum absolute atomic E-state index is 0.0339. The molecule has 1 saturated carbocycles. The Morgan fingerprint density at radius 3 is 2.49 bits per heavy atom. The third-order valence-corrected chi connectivity index (χ3v) is 7.01. The molecule has 1 aromatic heterocycles. The number of aromatic nitrogens is 1. The van der Waals surface area contributed by atoms with E-state index in [2.05, 4.69) is 29.3 Å². The Labute approximate surface area is 206 Å². The minimum atomic E-state index is -0.752. The zero-order valence-electron chi connectivity index (χ0n) is 21.1. The van der Waals surface area contributed by atoms with Crippen molar-refractivity contribution in [1.82, 2.24) is 9.88 Å². The highest BCUT2D eigenvalue weighted by molar-refractivity contribution is 6.09. The molecule has 186 valence electrons. The van der Waals surface area contributed by atoms with Crippen LogP contribution in [0.3, 0.4) is 0 Å². The van der Waals surface area contributed by atoms with Gasteiger partial charge in [0.1, 0.15) is 0 Å². The van der Waals surface area contributed by atoms with Gasteiger partial charge in [0.2, 0.25) is 0 Å². The van der Waals surface area contributed by atoms with Gasteiger partial charge in [0, 0.05) is 29.6 Å². The van der Waals surface area contributed by atoms with Crippen LogP contribution in [0, 0.1) is 11.7 Å². The number of hydrogen-bond acceptors (Lipinski definition) is 6. The van der Waals surface area contributed by atoms with Gasteiger partial charge in [-0.25, -0.2) is 4.39 Å². The molecule has 3 aromatic rings. The number of halogens is 1. The summed E-state index contributed by atoms with van der Waals surface area (Å²) in [6.45, 7) is 3.78. The molecule has 0 saturated heterocycles. The Morgan fingerprint density at radius 2 is 1.86 bits per heavy atom. The van der Waals surface area contributed by atoms with Gasteiger partial charge in [-0.1, -0.05) is 19.9 Å². The lowest BCUT2D eigenvalue weighted by atomic mass is 9.89. The number of ether oxygens (including phenoxy) is 1. The van der Waals surface area contributed by atoms with Gasteiger partial charge in [0.05, 0.1) is 23.9 Å².